The maximum Gasteiger partial charge on any atom is 0.225 e. The molecule has 0 bridgehead atoms. The highest BCUT2D eigenvalue weighted by Gasteiger charge is 2.01. The average molecular weight is 210 g/mol. The van der Waals surface area contributed by atoms with Crippen LogP contribution in [0.2, 0.25) is 0 Å². The van der Waals surface area contributed by atoms with Gasteiger partial charge in [-0.25, -0.2) is 4.39 Å². The van der Waals surface area contributed by atoms with Crippen LogP contribution in [0.3, 0.4) is 0 Å². The third kappa shape index (κ3) is 4.56. The van der Waals surface area contributed by atoms with Crippen molar-refractivity contribution in [1.82, 2.24) is 5.32 Å². The van der Waals surface area contributed by atoms with Gasteiger partial charge in [0.05, 0.1) is 0 Å². The molecule has 1 rings (SSSR count). The normalized spacial score (nSPS) is 10.0. The fraction of sp³-hybridized carbons (Fsp3) is 0.364. The minimum atomic E-state index is -0.305. The van der Waals surface area contributed by atoms with Crippen LogP contribution in [0.25, 0.3) is 0 Å². The zero-order valence-electron chi connectivity index (χ0n) is 8.72. The van der Waals surface area contributed by atoms with Crippen molar-refractivity contribution in [3.8, 4) is 0 Å². The number of carbonyl (C=O) groups is 1. The summed E-state index contributed by atoms with van der Waals surface area (Å²) < 4.78 is 12.5. The summed E-state index contributed by atoms with van der Waals surface area (Å²) >= 11 is 0. The van der Waals surface area contributed by atoms with Gasteiger partial charge in [0.15, 0.2) is 0 Å². The highest BCUT2D eigenvalue weighted by Crippen LogP contribution is 2.08. The van der Waals surface area contributed by atoms with Gasteiger partial charge < -0.3 is 10.6 Å². The Morgan fingerprint density at radius 1 is 1.33 bits per heavy atom. The molecule has 3 nitrogen and oxygen atoms in total. The van der Waals surface area contributed by atoms with Crippen LogP contribution < -0.4 is 10.6 Å². The Balaban J connectivity index is 2.34. The highest BCUT2D eigenvalue weighted by atomic mass is 19.1. The highest BCUT2D eigenvalue weighted by molar-refractivity contribution is 5.90. The molecule has 0 aliphatic rings. The third-order valence-electron chi connectivity index (χ3n) is 1.91. The first-order valence-electron chi connectivity index (χ1n) is 4.98. The second-order valence-corrected chi connectivity index (χ2v) is 3.16. The van der Waals surface area contributed by atoms with E-state index < -0.39 is 0 Å². The minimum Gasteiger partial charge on any atom is -0.326 e. The van der Waals surface area contributed by atoms with Gasteiger partial charge in [-0.15, -0.1) is 0 Å². The van der Waals surface area contributed by atoms with Gasteiger partial charge in [-0.05, 0) is 30.8 Å². The molecule has 0 saturated carbocycles. The summed E-state index contributed by atoms with van der Waals surface area (Å²) in [4.78, 5) is 11.3. The van der Waals surface area contributed by atoms with Gasteiger partial charge in [0.25, 0.3) is 0 Å². The lowest BCUT2D eigenvalue weighted by Crippen LogP contribution is -2.21. The monoisotopic (exact) mass is 210 g/mol. The molecule has 1 aromatic rings. The molecule has 0 radical (unpaired) electrons. The van der Waals surface area contributed by atoms with Crippen LogP contribution in [-0.2, 0) is 4.79 Å². The smallest absolute Gasteiger partial charge is 0.225 e. The predicted octanol–water partition coefficient (Wildman–Crippen LogP) is 1.76. The lowest BCUT2D eigenvalue weighted by atomic mass is 10.3. The molecule has 1 aromatic carbocycles. The second kappa shape index (κ2) is 6.14. The first kappa shape index (κ1) is 11.7. The molecule has 0 aliphatic carbocycles. The van der Waals surface area contributed by atoms with Crippen LogP contribution in [0.1, 0.15) is 13.3 Å². The average Bonchev–Trinajstić information content (AvgIpc) is 2.22. The lowest BCUT2D eigenvalue weighted by Gasteiger charge is -2.05. The zero-order valence-corrected chi connectivity index (χ0v) is 8.72. The zero-order chi connectivity index (χ0) is 11.1. The largest absolute Gasteiger partial charge is 0.326 e. The molecule has 0 heterocycles. The second-order valence-electron chi connectivity index (χ2n) is 3.16. The van der Waals surface area contributed by atoms with Crippen molar-refractivity contribution in [2.45, 2.75) is 13.3 Å². The standard InChI is InChI=1S/C11H15FN2O/c1-2-13-8-7-11(15)14-10-5-3-9(12)4-6-10/h3-6,13H,2,7-8H2,1H3,(H,14,15). The number of benzene rings is 1. The number of rotatable bonds is 5. The molecule has 0 fully saturated rings. The van der Waals surface area contributed by atoms with Crippen molar-refractivity contribution < 1.29 is 9.18 Å². The fourth-order valence-corrected chi connectivity index (χ4v) is 1.14. The molecule has 1 amide bonds. The van der Waals surface area contributed by atoms with Gasteiger partial charge in [0.1, 0.15) is 5.82 Å². The van der Waals surface area contributed by atoms with Gasteiger partial charge in [0, 0.05) is 18.7 Å². The van der Waals surface area contributed by atoms with Crippen LogP contribution in [0.4, 0.5) is 10.1 Å². The van der Waals surface area contributed by atoms with Crippen LogP contribution >= 0.6 is 0 Å². The molecule has 0 spiro atoms. The van der Waals surface area contributed by atoms with E-state index in [1.807, 2.05) is 6.92 Å². The Morgan fingerprint density at radius 3 is 2.60 bits per heavy atom. The fourth-order valence-electron chi connectivity index (χ4n) is 1.14. The van der Waals surface area contributed by atoms with Gasteiger partial charge in [-0.1, -0.05) is 6.92 Å². The van der Waals surface area contributed by atoms with E-state index in [1.165, 1.54) is 12.1 Å². The molecular weight excluding hydrogens is 195 g/mol. The summed E-state index contributed by atoms with van der Waals surface area (Å²) in [6.07, 6.45) is 0.422. The molecule has 0 unspecified atom stereocenters. The van der Waals surface area contributed by atoms with Crippen LogP contribution in [0.5, 0.6) is 0 Å². The quantitative estimate of drug-likeness (QED) is 0.727. The van der Waals surface area contributed by atoms with E-state index in [4.69, 9.17) is 0 Å². The van der Waals surface area contributed by atoms with Crippen LogP contribution in [0, 0.1) is 5.82 Å². The van der Waals surface area contributed by atoms with E-state index >= 15 is 0 Å². The maximum atomic E-state index is 12.5. The predicted molar refractivity (Wildman–Crippen MR) is 58.2 cm³/mol. The maximum absolute atomic E-state index is 12.5. The third-order valence-corrected chi connectivity index (χ3v) is 1.91. The van der Waals surface area contributed by atoms with E-state index in [0.717, 1.165) is 6.54 Å². The summed E-state index contributed by atoms with van der Waals surface area (Å²) in [6.45, 7) is 3.49. The lowest BCUT2D eigenvalue weighted by molar-refractivity contribution is -0.116. The van der Waals surface area contributed by atoms with Gasteiger partial charge in [0.2, 0.25) is 5.91 Å². The van der Waals surface area contributed by atoms with E-state index in [1.54, 1.807) is 12.1 Å². The topological polar surface area (TPSA) is 41.1 Å². The molecular formula is C11H15FN2O. The van der Waals surface area contributed by atoms with Crippen molar-refractivity contribution in [2.24, 2.45) is 0 Å². The van der Waals surface area contributed by atoms with Crippen molar-refractivity contribution >= 4 is 11.6 Å². The minimum absolute atomic E-state index is 0.0671. The van der Waals surface area contributed by atoms with E-state index in [9.17, 15) is 9.18 Å². The van der Waals surface area contributed by atoms with Crippen molar-refractivity contribution in [3.63, 3.8) is 0 Å². The number of anilines is 1. The van der Waals surface area contributed by atoms with Gasteiger partial charge >= 0.3 is 0 Å². The Morgan fingerprint density at radius 2 is 2.00 bits per heavy atom. The number of nitrogens with one attached hydrogen (secondary N) is 2. The Bertz CT molecular complexity index is 311. The number of hydrogen-bond donors (Lipinski definition) is 2. The van der Waals surface area contributed by atoms with Crippen LogP contribution in [-0.4, -0.2) is 19.0 Å². The van der Waals surface area contributed by atoms with Crippen molar-refractivity contribution in [3.05, 3.63) is 30.1 Å². The first-order chi connectivity index (χ1) is 7.22. The number of amides is 1. The molecule has 2 N–H and O–H groups in total. The number of hydrogen-bond acceptors (Lipinski definition) is 2. The van der Waals surface area contributed by atoms with Crippen LogP contribution in [0.15, 0.2) is 24.3 Å². The van der Waals surface area contributed by atoms with E-state index in [2.05, 4.69) is 10.6 Å². The summed E-state index contributed by atoms with van der Waals surface area (Å²) in [6, 6.07) is 5.72. The summed E-state index contributed by atoms with van der Waals surface area (Å²) in [5.74, 6) is -0.372. The summed E-state index contributed by atoms with van der Waals surface area (Å²) in [7, 11) is 0. The van der Waals surface area contributed by atoms with Crippen molar-refractivity contribution in [1.29, 1.82) is 0 Å². The molecule has 0 aromatic heterocycles. The van der Waals surface area contributed by atoms with Gasteiger partial charge in [-0.3, -0.25) is 4.79 Å². The van der Waals surface area contributed by atoms with E-state index in [-0.39, 0.29) is 11.7 Å². The van der Waals surface area contributed by atoms with Gasteiger partial charge in [-0.2, -0.15) is 0 Å². The molecule has 15 heavy (non-hydrogen) atoms. The molecule has 0 atom stereocenters. The first-order valence-corrected chi connectivity index (χ1v) is 4.98. The molecule has 82 valence electrons. The van der Waals surface area contributed by atoms with E-state index in [0.29, 0.717) is 18.7 Å². The molecule has 4 heteroatoms. The summed E-state index contributed by atoms with van der Waals surface area (Å²) in [5, 5.41) is 5.74. The van der Waals surface area contributed by atoms with Crippen molar-refractivity contribution in [2.75, 3.05) is 18.4 Å². The Kier molecular flexibility index (Phi) is 4.77. The SMILES string of the molecule is CCNCCC(=O)Nc1ccc(F)cc1. The Labute approximate surface area is 88.7 Å². The number of carbonyl (C=O) groups excluding carboxylic acids is 1. The molecule has 0 aliphatic heterocycles. The number of halogens is 1. The molecule has 0 saturated heterocycles. The summed E-state index contributed by atoms with van der Waals surface area (Å²) in [5.41, 5.74) is 0.623. The Hall–Kier alpha value is -1.42.